The summed E-state index contributed by atoms with van der Waals surface area (Å²) < 4.78 is 10.6. The second kappa shape index (κ2) is 8.68. The van der Waals surface area contributed by atoms with Crippen molar-refractivity contribution < 1.29 is 18.7 Å². The lowest BCUT2D eigenvalue weighted by Gasteiger charge is -2.38. The van der Waals surface area contributed by atoms with Crippen molar-refractivity contribution in [2.24, 2.45) is 0 Å². The summed E-state index contributed by atoms with van der Waals surface area (Å²) >= 11 is 0. The van der Waals surface area contributed by atoms with Gasteiger partial charge in [0, 0.05) is 31.7 Å². The molecule has 144 valence electrons. The van der Waals surface area contributed by atoms with Crippen molar-refractivity contribution in [1.82, 2.24) is 15.1 Å². The fourth-order valence-corrected chi connectivity index (χ4v) is 3.73. The van der Waals surface area contributed by atoms with Crippen molar-refractivity contribution >= 4 is 11.8 Å². The summed E-state index contributed by atoms with van der Waals surface area (Å²) in [6.07, 6.45) is 4.04. The van der Waals surface area contributed by atoms with Gasteiger partial charge in [0.25, 0.3) is 5.91 Å². The number of likely N-dealkylation sites (tertiary alicyclic amines) is 1. The minimum absolute atomic E-state index is 0.00286. The zero-order valence-electron chi connectivity index (χ0n) is 15.6. The van der Waals surface area contributed by atoms with E-state index in [0.717, 1.165) is 39.1 Å². The van der Waals surface area contributed by atoms with Crippen LogP contribution in [0.3, 0.4) is 0 Å². The third-order valence-corrected chi connectivity index (χ3v) is 5.51. The number of piperidine rings is 1. The van der Waals surface area contributed by atoms with Crippen LogP contribution in [0.2, 0.25) is 0 Å². The first kappa shape index (κ1) is 18.9. The Kier molecular flexibility index (Phi) is 6.32. The molecule has 0 aliphatic carbocycles. The minimum Gasteiger partial charge on any atom is -0.459 e. The van der Waals surface area contributed by atoms with Crippen LogP contribution in [0.4, 0.5) is 0 Å². The SMILES string of the molecule is CC(NC(=O)C1CCCCN1C(=O)c1ccco1)C(C)N1CCOCC1. The highest BCUT2D eigenvalue weighted by Crippen LogP contribution is 2.21. The largest absolute Gasteiger partial charge is 0.459 e. The molecule has 2 aliphatic heterocycles. The van der Waals surface area contributed by atoms with Gasteiger partial charge in [0.2, 0.25) is 5.91 Å². The van der Waals surface area contributed by atoms with Crippen molar-refractivity contribution in [2.75, 3.05) is 32.8 Å². The second-order valence-electron chi connectivity index (χ2n) is 7.17. The molecule has 0 aromatic carbocycles. The first-order valence-electron chi connectivity index (χ1n) is 9.54. The quantitative estimate of drug-likeness (QED) is 0.858. The molecule has 3 atom stereocenters. The van der Waals surface area contributed by atoms with E-state index >= 15 is 0 Å². The third-order valence-electron chi connectivity index (χ3n) is 5.51. The number of nitrogens with zero attached hydrogens (tertiary/aromatic N) is 2. The number of morpholine rings is 1. The summed E-state index contributed by atoms with van der Waals surface area (Å²) in [6.45, 7) is 7.98. The summed E-state index contributed by atoms with van der Waals surface area (Å²) in [7, 11) is 0. The van der Waals surface area contributed by atoms with Gasteiger partial charge in [-0.3, -0.25) is 14.5 Å². The van der Waals surface area contributed by atoms with Crippen molar-refractivity contribution in [2.45, 2.75) is 51.2 Å². The van der Waals surface area contributed by atoms with Gasteiger partial charge < -0.3 is 19.4 Å². The Morgan fingerprint density at radius 1 is 1.19 bits per heavy atom. The Balaban J connectivity index is 1.61. The van der Waals surface area contributed by atoms with Gasteiger partial charge in [-0.15, -0.1) is 0 Å². The lowest BCUT2D eigenvalue weighted by atomic mass is 10.00. The summed E-state index contributed by atoms with van der Waals surface area (Å²) in [5.41, 5.74) is 0. The van der Waals surface area contributed by atoms with E-state index in [1.165, 1.54) is 6.26 Å². The molecule has 1 N–H and O–H groups in total. The Labute approximate surface area is 154 Å². The summed E-state index contributed by atoms with van der Waals surface area (Å²) in [6, 6.07) is 3.14. The van der Waals surface area contributed by atoms with E-state index in [2.05, 4.69) is 17.1 Å². The van der Waals surface area contributed by atoms with Crippen LogP contribution in [0.5, 0.6) is 0 Å². The van der Waals surface area contributed by atoms with Crippen LogP contribution in [-0.4, -0.2) is 72.6 Å². The molecule has 2 saturated heterocycles. The van der Waals surface area contributed by atoms with Crippen molar-refractivity contribution in [3.05, 3.63) is 24.2 Å². The molecule has 1 aromatic heterocycles. The number of furan rings is 1. The smallest absolute Gasteiger partial charge is 0.290 e. The minimum atomic E-state index is -0.430. The Hall–Kier alpha value is -1.86. The maximum absolute atomic E-state index is 12.9. The van der Waals surface area contributed by atoms with Crippen molar-refractivity contribution in [3.63, 3.8) is 0 Å². The van der Waals surface area contributed by atoms with E-state index in [9.17, 15) is 9.59 Å². The number of hydrogen-bond donors (Lipinski definition) is 1. The predicted molar refractivity (Wildman–Crippen MR) is 96.8 cm³/mol. The van der Waals surface area contributed by atoms with Crippen LogP contribution >= 0.6 is 0 Å². The number of amides is 2. The highest BCUT2D eigenvalue weighted by Gasteiger charge is 2.35. The normalized spacial score (nSPS) is 24.1. The zero-order chi connectivity index (χ0) is 18.5. The van der Waals surface area contributed by atoms with Crippen LogP contribution < -0.4 is 5.32 Å². The maximum atomic E-state index is 12.9. The highest BCUT2D eigenvalue weighted by atomic mass is 16.5. The van der Waals surface area contributed by atoms with Gasteiger partial charge >= 0.3 is 0 Å². The number of carbonyl (C=O) groups is 2. The van der Waals surface area contributed by atoms with E-state index in [-0.39, 0.29) is 23.9 Å². The summed E-state index contributed by atoms with van der Waals surface area (Å²) in [5.74, 6) is 0.0142. The molecule has 0 spiro atoms. The molecule has 2 amide bonds. The topological polar surface area (TPSA) is 75.0 Å². The molecule has 0 saturated carbocycles. The number of carbonyl (C=O) groups excluding carboxylic acids is 2. The van der Waals surface area contributed by atoms with Gasteiger partial charge in [0.15, 0.2) is 5.76 Å². The second-order valence-corrected chi connectivity index (χ2v) is 7.17. The van der Waals surface area contributed by atoms with Crippen molar-refractivity contribution in [1.29, 1.82) is 0 Å². The molecule has 26 heavy (non-hydrogen) atoms. The molecular weight excluding hydrogens is 334 g/mol. The predicted octanol–water partition coefficient (Wildman–Crippen LogP) is 1.50. The van der Waals surface area contributed by atoms with Crippen LogP contribution in [-0.2, 0) is 9.53 Å². The molecule has 3 unspecified atom stereocenters. The molecular formula is C19H29N3O4. The highest BCUT2D eigenvalue weighted by molar-refractivity contribution is 5.95. The average Bonchev–Trinajstić information content (AvgIpc) is 3.22. The Morgan fingerprint density at radius 3 is 2.65 bits per heavy atom. The third kappa shape index (κ3) is 4.27. The van der Waals surface area contributed by atoms with E-state index in [1.54, 1.807) is 17.0 Å². The maximum Gasteiger partial charge on any atom is 0.290 e. The first-order chi connectivity index (χ1) is 12.6. The summed E-state index contributed by atoms with van der Waals surface area (Å²) in [5, 5.41) is 3.13. The molecule has 2 aliphatic rings. The van der Waals surface area contributed by atoms with E-state index in [4.69, 9.17) is 9.15 Å². The van der Waals surface area contributed by atoms with Gasteiger partial charge in [-0.25, -0.2) is 0 Å². The van der Waals surface area contributed by atoms with E-state index in [0.29, 0.717) is 18.7 Å². The Bertz CT molecular complexity index is 598. The monoisotopic (exact) mass is 363 g/mol. The van der Waals surface area contributed by atoms with Gasteiger partial charge in [-0.1, -0.05) is 0 Å². The van der Waals surface area contributed by atoms with Crippen molar-refractivity contribution in [3.8, 4) is 0 Å². The van der Waals surface area contributed by atoms with Crippen LogP contribution in [0.1, 0.15) is 43.7 Å². The Morgan fingerprint density at radius 2 is 1.96 bits per heavy atom. The molecule has 3 rings (SSSR count). The standard InChI is InChI=1S/C19H29N3O4/c1-14(15(2)21-9-12-25-13-10-21)20-18(23)16-6-3-4-8-22(16)19(24)17-7-5-11-26-17/h5,7,11,14-16H,3-4,6,8-10,12-13H2,1-2H3,(H,20,23). The molecule has 0 radical (unpaired) electrons. The molecule has 3 heterocycles. The van der Waals surface area contributed by atoms with Crippen LogP contribution in [0, 0.1) is 0 Å². The fourth-order valence-electron chi connectivity index (χ4n) is 3.73. The number of nitrogens with one attached hydrogen (secondary N) is 1. The van der Waals surface area contributed by atoms with Gasteiger partial charge in [-0.2, -0.15) is 0 Å². The van der Waals surface area contributed by atoms with Gasteiger partial charge in [-0.05, 0) is 45.2 Å². The zero-order valence-corrected chi connectivity index (χ0v) is 15.6. The molecule has 7 nitrogen and oxygen atoms in total. The lowest BCUT2D eigenvalue weighted by molar-refractivity contribution is -0.127. The van der Waals surface area contributed by atoms with Gasteiger partial charge in [0.05, 0.1) is 19.5 Å². The number of hydrogen-bond acceptors (Lipinski definition) is 5. The number of rotatable bonds is 5. The number of ether oxygens (including phenoxy) is 1. The van der Waals surface area contributed by atoms with E-state index in [1.807, 2.05) is 6.92 Å². The van der Waals surface area contributed by atoms with Crippen LogP contribution in [0.15, 0.2) is 22.8 Å². The van der Waals surface area contributed by atoms with Gasteiger partial charge in [0.1, 0.15) is 6.04 Å². The molecule has 2 fully saturated rings. The van der Waals surface area contributed by atoms with Crippen LogP contribution in [0.25, 0.3) is 0 Å². The molecule has 7 heteroatoms. The lowest BCUT2D eigenvalue weighted by Crippen LogP contribution is -2.57. The molecule has 1 aromatic rings. The van der Waals surface area contributed by atoms with E-state index < -0.39 is 6.04 Å². The molecule has 0 bridgehead atoms. The first-order valence-corrected chi connectivity index (χ1v) is 9.54. The summed E-state index contributed by atoms with van der Waals surface area (Å²) in [4.78, 5) is 29.6. The fraction of sp³-hybridized carbons (Fsp3) is 0.684. The average molecular weight is 363 g/mol.